The van der Waals surface area contributed by atoms with Crippen molar-refractivity contribution in [3.63, 3.8) is 0 Å². The summed E-state index contributed by atoms with van der Waals surface area (Å²) in [6, 6.07) is 8.10. The highest BCUT2D eigenvalue weighted by atomic mass is 79.9. The van der Waals surface area contributed by atoms with Crippen molar-refractivity contribution < 1.29 is 4.79 Å². The minimum Gasteiger partial charge on any atom is -0.354 e. The number of carbonyl (C=O) groups is 1. The Labute approximate surface area is 128 Å². The van der Waals surface area contributed by atoms with Gasteiger partial charge in [-0.25, -0.2) is 0 Å². The number of hydrogen-bond donors (Lipinski definition) is 2. The minimum atomic E-state index is -0.348. The van der Waals surface area contributed by atoms with Crippen LogP contribution in [0.5, 0.6) is 0 Å². The smallest absolute Gasteiger partial charge is 0.230 e. The fourth-order valence-corrected chi connectivity index (χ4v) is 3.17. The molecule has 106 valence electrons. The molecule has 0 saturated heterocycles. The highest BCUT2D eigenvalue weighted by Gasteiger charge is 2.42. The Morgan fingerprint density at radius 2 is 2.05 bits per heavy atom. The van der Waals surface area contributed by atoms with E-state index in [1.54, 1.807) is 0 Å². The van der Waals surface area contributed by atoms with Crippen LogP contribution in [0.4, 0.5) is 0 Å². The summed E-state index contributed by atoms with van der Waals surface area (Å²) in [7, 11) is 0. The van der Waals surface area contributed by atoms with E-state index in [0.717, 1.165) is 35.7 Å². The van der Waals surface area contributed by atoms with Crippen molar-refractivity contribution in [2.24, 2.45) is 5.73 Å². The van der Waals surface area contributed by atoms with Crippen molar-refractivity contribution in [2.75, 3.05) is 13.1 Å². The van der Waals surface area contributed by atoms with Crippen LogP contribution in [0.25, 0.3) is 0 Å². The number of rotatable bonds is 4. The molecule has 3 nitrogen and oxygen atoms in total. The van der Waals surface area contributed by atoms with Crippen LogP contribution in [0.2, 0.25) is 0 Å². The predicted molar refractivity (Wildman–Crippen MR) is 83.6 cm³/mol. The van der Waals surface area contributed by atoms with E-state index in [9.17, 15) is 4.79 Å². The number of nitrogens with two attached hydrogens (primary N) is 1. The molecule has 0 heterocycles. The first-order valence-corrected chi connectivity index (χ1v) is 7.23. The zero-order valence-corrected chi connectivity index (χ0v) is 13.2. The van der Waals surface area contributed by atoms with Gasteiger partial charge in [-0.05, 0) is 30.5 Å². The summed E-state index contributed by atoms with van der Waals surface area (Å²) in [5, 5.41) is 2.95. The third-order valence-electron chi connectivity index (χ3n) is 3.70. The topological polar surface area (TPSA) is 55.1 Å². The number of nitrogens with one attached hydrogen (secondary N) is 1. The van der Waals surface area contributed by atoms with Gasteiger partial charge in [0.25, 0.3) is 0 Å². The Bertz CT molecular complexity index is 433. The van der Waals surface area contributed by atoms with E-state index in [-0.39, 0.29) is 23.7 Å². The van der Waals surface area contributed by atoms with Gasteiger partial charge < -0.3 is 11.1 Å². The van der Waals surface area contributed by atoms with Crippen LogP contribution >= 0.6 is 28.3 Å². The lowest BCUT2D eigenvalue weighted by molar-refractivity contribution is -0.126. The zero-order valence-electron chi connectivity index (χ0n) is 10.8. The SMILES string of the molecule is Cl.NCCNC(=O)C1(c2cccc(Br)c2)CCCC1. The molecule has 1 saturated carbocycles. The van der Waals surface area contributed by atoms with Crippen LogP contribution in [-0.2, 0) is 10.2 Å². The molecule has 1 aromatic rings. The van der Waals surface area contributed by atoms with Gasteiger partial charge in [-0.1, -0.05) is 40.9 Å². The molecule has 1 aliphatic rings. The molecular weight excluding hydrogens is 328 g/mol. The molecule has 1 fully saturated rings. The molecule has 1 amide bonds. The second-order valence-corrected chi connectivity index (χ2v) is 5.76. The van der Waals surface area contributed by atoms with E-state index in [4.69, 9.17) is 5.73 Å². The van der Waals surface area contributed by atoms with Crippen molar-refractivity contribution in [3.8, 4) is 0 Å². The third-order valence-corrected chi connectivity index (χ3v) is 4.19. The maximum Gasteiger partial charge on any atom is 0.230 e. The number of benzene rings is 1. The van der Waals surface area contributed by atoms with Gasteiger partial charge in [-0.15, -0.1) is 12.4 Å². The second kappa shape index (κ2) is 7.27. The van der Waals surface area contributed by atoms with Crippen LogP contribution in [0.3, 0.4) is 0 Å². The Morgan fingerprint density at radius 1 is 1.37 bits per heavy atom. The van der Waals surface area contributed by atoms with Gasteiger partial charge in [-0.2, -0.15) is 0 Å². The van der Waals surface area contributed by atoms with Crippen molar-refractivity contribution in [1.29, 1.82) is 0 Å². The van der Waals surface area contributed by atoms with Crippen molar-refractivity contribution in [3.05, 3.63) is 34.3 Å². The Balaban J connectivity index is 0.00000180. The van der Waals surface area contributed by atoms with Gasteiger partial charge >= 0.3 is 0 Å². The summed E-state index contributed by atoms with van der Waals surface area (Å²) in [6.45, 7) is 1.04. The third kappa shape index (κ3) is 3.50. The van der Waals surface area contributed by atoms with Gasteiger partial charge in [0.15, 0.2) is 0 Å². The van der Waals surface area contributed by atoms with Crippen LogP contribution in [0.15, 0.2) is 28.7 Å². The molecule has 0 aromatic heterocycles. The summed E-state index contributed by atoms with van der Waals surface area (Å²) in [5.74, 6) is 0.128. The van der Waals surface area contributed by atoms with E-state index in [0.29, 0.717) is 13.1 Å². The fraction of sp³-hybridized carbons (Fsp3) is 0.500. The van der Waals surface area contributed by atoms with Gasteiger partial charge in [0.05, 0.1) is 5.41 Å². The molecule has 0 bridgehead atoms. The summed E-state index contributed by atoms with van der Waals surface area (Å²) < 4.78 is 1.03. The van der Waals surface area contributed by atoms with Crippen LogP contribution in [-0.4, -0.2) is 19.0 Å². The van der Waals surface area contributed by atoms with Gasteiger partial charge in [0, 0.05) is 17.6 Å². The lowest BCUT2D eigenvalue weighted by atomic mass is 9.78. The molecular formula is C14H20BrClN2O. The molecule has 1 aliphatic carbocycles. The molecule has 0 spiro atoms. The number of carbonyl (C=O) groups excluding carboxylic acids is 1. The lowest BCUT2D eigenvalue weighted by Gasteiger charge is -2.28. The van der Waals surface area contributed by atoms with E-state index in [1.165, 1.54) is 0 Å². The highest BCUT2D eigenvalue weighted by molar-refractivity contribution is 9.10. The Hall–Kier alpha value is -0.580. The fourth-order valence-electron chi connectivity index (χ4n) is 2.77. The normalized spacial score (nSPS) is 16.7. The van der Waals surface area contributed by atoms with Crippen LogP contribution in [0, 0.1) is 0 Å². The standard InChI is InChI=1S/C14H19BrN2O.ClH/c15-12-5-3-4-11(10-12)14(6-1-2-7-14)13(18)17-9-8-16;/h3-5,10H,1-2,6-9,16H2,(H,17,18);1H. The minimum absolute atomic E-state index is 0. The monoisotopic (exact) mass is 346 g/mol. The summed E-state index contributed by atoms with van der Waals surface area (Å²) >= 11 is 3.48. The van der Waals surface area contributed by atoms with E-state index in [2.05, 4.69) is 33.4 Å². The lowest BCUT2D eigenvalue weighted by Crippen LogP contribution is -2.44. The average molecular weight is 348 g/mol. The molecule has 2 rings (SSSR count). The number of amides is 1. The predicted octanol–water partition coefficient (Wildman–Crippen LogP) is 2.76. The van der Waals surface area contributed by atoms with Gasteiger partial charge in [0.2, 0.25) is 5.91 Å². The first-order chi connectivity index (χ1) is 8.69. The zero-order chi connectivity index (χ0) is 13.0. The van der Waals surface area contributed by atoms with E-state index >= 15 is 0 Å². The first kappa shape index (κ1) is 16.5. The van der Waals surface area contributed by atoms with E-state index in [1.807, 2.05) is 12.1 Å². The molecule has 0 atom stereocenters. The molecule has 19 heavy (non-hydrogen) atoms. The largest absolute Gasteiger partial charge is 0.354 e. The van der Waals surface area contributed by atoms with Gasteiger partial charge in [0.1, 0.15) is 0 Å². The van der Waals surface area contributed by atoms with Crippen molar-refractivity contribution >= 4 is 34.2 Å². The van der Waals surface area contributed by atoms with Crippen LogP contribution in [0.1, 0.15) is 31.2 Å². The maximum absolute atomic E-state index is 12.5. The van der Waals surface area contributed by atoms with Crippen LogP contribution < -0.4 is 11.1 Å². The molecule has 0 unspecified atom stereocenters. The summed E-state index contributed by atoms with van der Waals surface area (Å²) in [4.78, 5) is 12.5. The summed E-state index contributed by atoms with van der Waals surface area (Å²) in [6.07, 6.45) is 4.09. The average Bonchev–Trinajstić information content (AvgIpc) is 2.86. The van der Waals surface area contributed by atoms with E-state index < -0.39 is 0 Å². The molecule has 1 aromatic carbocycles. The number of hydrogen-bond acceptors (Lipinski definition) is 2. The first-order valence-electron chi connectivity index (χ1n) is 6.43. The number of halogens is 2. The maximum atomic E-state index is 12.5. The van der Waals surface area contributed by atoms with Crippen molar-refractivity contribution in [2.45, 2.75) is 31.1 Å². The molecule has 0 aliphatic heterocycles. The quantitative estimate of drug-likeness (QED) is 0.880. The highest BCUT2D eigenvalue weighted by Crippen LogP contribution is 2.41. The second-order valence-electron chi connectivity index (χ2n) is 4.84. The summed E-state index contributed by atoms with van der Waals surface area (Å²) in [5.41, 5.74) is 6.23. The Morgan fingerprint density at radius 3 is 2.63 bits per heavy atom. The molecule has 0 radical (unpaired) electrons. The molecule has 5 heteroatoms. The molecule has 3 N–H and O–H groups in total. The van der Waals surface area contributed by atoms with Crippen molar-refractivity contribution in [1.82, 2.24) is 5.32 Å². The Kier molecular flexibility index (Phi) is 6.30. The van der Waals surface area contributed by atoms with Gasteiger partial charge in [-0.3, -0.25) is 4.79 Å².